The maximum atomic E-state index is 11.0. The Bertz CT molecular complexity index is 478. The quantitative estimate of drug-likeness (QED) is 0.744. The zero-order chi connectivity index (χ0) is 13.1. The summed E-state index contributed by atoms with van der Waals surface area (Å²) in [5, 5.41) is 21.8. The maximum Gasteiger partial charge on any atom is 0.112 e. The predicted octanol–water partition coefficient (Wildman–Crippen LogP) is 2.73. The number of rotatable bonds is 0. The first-order chi connectivity index (χ1) is 8.40. The van der Waals surface area contributed by atoms with Crippen molar-refractivity contribution in [1.29, 1.82) is 0 Å². The first-order valence-electron chi connectivity index (χ1n) is 6.87. The molecule has 1 saturated carbocycles. The van der Waals surface area contributed by atoms with E-state index in [0.29, 0.717) is 12.3 Å². The largest absolute Gasteiger partial charge is 0.469 e. The average molecular weight is 250 g/mol. The van der Waals surface area contributed by atoms with Gasteiger partial charge < -0.3 is 14.6 Å². The number of aliphatic hydroxyl groups is 2. The third-order valence-corrected chi connectivity index (χ3v) is 5.65. The smallest absolute Gasteiger partial charge is 0.112 e. The highest BCUT2D eigenvalue weighted by Crippen LogP contribution is 2.59. The van der Waals surface area contributed by atoms with E-state index in [4.69, 9.17) is 4.42 Å². The molecular weight excluding hydrogens is 228 g/mol. The second-order valence-corrected chi connectivity index (χ2v) is 6.44. The Morgan fingerprint density at radius 1 is 1.44 bits per heavy atom. The molecule has 0 bridgehead atoms. The minimum atomic E-state index is -0.832. The molecule has 4 atom stereocenters. The summed E-state index contributed by atoms with van der Waals surface area (Å²) in [5.74, 6) is 1.09. The molecule has 0 amide bonds. The predicted molar refractivity (Wildman–Crippen MR) is 68.2 cm³/mol. The van der Waals surface area contributed by atoms with E-state index in [1.165, 1.54) is 0 Å². The van der Waals surface area contributed by atoms with Crippen LogP contribution in [0.4, 0.5) is 0 Å². The lowest BCUT2D eigenvalue weighted by molar-refractivity contribution is -0.196. The highest BCUT2D eigenvalue weighted by atomic mass is 16.3. The molecule has 3 rings (SSSR count). The van der Waals surface area contributed by atoms with Gasteiger partial charge >= 0.3 is 0 Å². The number of hydrogen-bond donors (Lipinski definition) is 2. The van der Waals surface area contributed by atoms with Crippen LogP contribution in [0.15, 0.2) is 10.7 Å². The molecule has 1 aromatic rings. The summed E-state index contributed by atoms with van der Waals surface area (Å²) >= 11 is 0. The fourth-order valence-corrected chi connectivity index (χ4v) is 4.11. The third kappa shape index (κ3) is 1.27. The molecule has 0 spiro atoms. The number of furan rings is 1. The van der Waals surface area contributed by atoms with E-state index in [2.05, 4.69) is 6.92 Å². The molecule has 2 N–H and O–H groups in total. The van der Waals surface area contributed by atoms with Crippen molar-refractivity contribution in [2.45, 2.75) is 58.2 Å². The first-order valence-corrected chi connectivity index (χ1v) is 6.87. The van der Waals surface area contributed by atoms with Crippen molar-refractivity contribution in [2.24, 2.45) is 11.3 Å². The van der Waals surface area contributed by atoms with Crippen LogP contribution in [0, 0.1) is 18.3 Å². The second kappa shape index (κ2) is 3.61. The Hall–Kier alpha value is -0.800. The van der Waals surface area contributed by atoms with E-state index in [1.54, 1.807) is 6.26 Å². The second-order valence-electron chi connectivity index (χ2n) is 6.44. The van der Waals surface area contributed by atoms with Gasteiger partial charge in [-0.15, -0.1) is 0 Å². The van der Waals surface area contributed by atoms with Gasteiger partial charge in [-0.3, -0.25) is 0 Å². The summed E-state index contributed by atoms with van der Waals surface area (Å²) in [7, 11) is 0. The Kier molecular flexibility index (Phi) is 2.46. The van der Waals surface area contributed by atoms with Crippen molar-refractivity contribution in [2.75, 3.05) is 0 Å². The normalized spacial score (nSPS) is 43.4. The molecule has 3 heteroatoms. The van der Waals surface area contributed by atoms with Crippen molar-refractivity contribution >= 4 is 0 Å². The molecule has 0 radical (unpaired) electrons. The van der Waals surface area contributed by atoms with Gasteiger partial charge in [-0.1, -0.05) is 20.3 Å². The van der Waals surface area contributed by atoms with Crippen LogP contribution in [0.1, 0.15) is 56.1 Å². The fraction of sp³-hybridized carbons (Fsp3) is 0.733. The van der Waals surface area contributed by atoms with Crippen LogP contribution in [-0.4, -0.2) is 15.8 Å². The van der Waals surface area contributed by atoms with Crippen LogP contribution in [0.25, 0.3) is 0 Å². The van der Waals surface area contributed by atoms with E-state index < -0.39 is 17.1 Å². The zero-order valence-electron chi connectivity index (χ0n) is 11.4. The molecule has 0 aliphatic heterocycles. The van der Waals surface area contributed by atoms with Crippen LogP contribution >= 0.6 is 0 Å². The molecule has 4 unspecified atom stereocenters. The van der Waals surface area contributed by atoms with Crippen LogP contribution in [0.5, 0.6) is 0 Å². The SMILES string of the molecule is Cc1coc2c1C(O)C1(C)C(C)CCCC1(O)C2. The Morgan fingerprint density at radius 3 is 2.89 bits per heavy atom. The molecule has 100 valence electrons. The summed E-state index contributed by atoms with van der Waals surface area (Å²) < 4.78 is 5.53. The molecule has 18 heavy (non-hydrogen) atoms. The highest BCUT2D eigenvalue weighted by molar-refractivity contribution is 5.37. The molecule has 2 aliphatic rings. The summed E-state index contributed by atoms with van der Waals surface area (Å²) in [6.07, 6.45) is 4.46. The molecular formula is C15H22O3. The average Bonchev–Trinajstić information content (AvgIpc) is 2.65. The standard InChI is InChI=1S/C15H22O3/c1-9-8-18-11-7-15(17)6-4-5-10(2)14(15,3)13(16)12(9)11/h8,10,13,16-17H,4-7H2,1-3H3. The van der Waals surface area contributed by atoms with Crippen molar-refractivity contribution in [1.82, 2.24) is 0 Å². The van der Waals surface area contributed by atoms with Gasteiger partial charge in [0.1, 0.15) is 5.76 Å². The van der Waals surface area contributed by atoms with Crippen molar-refractivity contribution in [3.63, 3.8) is 0 Å². The van der Waals surface area contributed by atoms with Gasteiger partial charge in [0.2, 0.25) is 0 Å². The van der Waals surface area contributed by atoms with Crippen LogP contribution in [0.2, 0.25) is 0 Å². The first kappa shape index (κ1) is 12.2. The fourth-order valence-electron chi connectivity index (χ4n) is 4.11. The minimum Gasteiger partial charge on any atom is -0.469 e. The van der Waals surface area contributed by atoms with E-state index in [0.717, 1.165) is 36.1 Å². The molecule has 1 heterocycles. The van der Waals surface area contributed by atoms with Gasteiger partial charge in [0, 0.05) is 17.4 Å². The van der Waals surface area contributed by atoms with Crippen molar-refractivity contribution in [3.05, 3.63) is 23.2 Å². The number of aliphatic hydroxyl groups excluding tert-OH is 1. The Labute approximate surface area is 108 Å². The van der Waals surface area contributed by atoms with Gasteiger partial charge in [-0.05, 0) is 31.2 Å². The van der Waals surface area contributed by atoms with Gasteiger partial charge in [0.15, 0.2) is 0 Å². The van der Waals surface area contributed by atoms with Gasteiger partial charge in [0.05, 0.1) is 18.0 Å². The molecule has 0 saturated heterocycles. The molecule has 0 aromatic carbocycles. The van der Waals surface area contributed by atoms with E-state index in [-0.39, 0.29) is 0 Å². The summed E-state index contributed by atoms with van der Waals surface area (Å²) in [4.78, 5) is 0. The Balaban J connectivity index is 2.17. The van der Waals surface area contributed by atoms with Gasteiger partial charge in [0.25, 0.3) is 0 Å². The maximum absolute atomic E-state index is 11.0. The Morgan fingerprint density at radius 2 is 2.17 bits per heavy atom. The monoisotopic (exact) mass is 250 g/mol. The summed E-state index contributed by atoms with van der Waals surface area (Å²) in [6.45, 7) is 6.15. The lowest BCUT2D eigenvalue weighted by Gasteiger charge is -2.56. The van der Waals surface area contributed by atoms with Gasteiger partial charge in [-0.2, -0.15) is 0 Å². The van der Waals surface area contributed by atoms with Crippen LogP contribution in [-0.2, 0) is 6.42 Å². The van der Waals surface area contributed by atoms with Gasteiger partial charge in [-0.25, -0.2) is 0 Å². The number of aryl methyl sites for hydroxylation is 1. The summed E-state index contributed by atoms with van der Waals surface area (Å²) in [5.41, 5.74) is 0.614. The lowest BCUT2D eigenvalue weighted by atomic mass is 9.51. The summed E-state index contributed by atoms with van der Waals surface area (Å²) in [6, 6.07) is 0. The van der Waals surface area contributed by atoms with Crippen LogP contribution < -0.4 is 0 Å². The topological polar surface area (TPSA) is 53.6 Å². The van der Waals surface area contributed by atoms with Crippen molar-refractivity contribution in [3.8, 4) is 0 Å². The molecule has 3 nitrogen and oxygen atoms in total. The molecule has 1 fully saturated rings. The van der Waals surface area contributed by atoms with E-state index in [1.807, 2.05) is 13.8 Å². The third-order valence-electron chi connectivity index (χ3n) is 5.65. The van der Waals surface area contributed by atoms with Crippen molar-refractivity contribution < 1.29 is 14.6 Å². The van der Waals surface area contributed by atoms with E-state index in [9.17, 15) is 10.2 Å². The number of hydrogen-bond acceptors (Lipinski definition) is 3. The molecule has 1 aromatic heterocycles. The van der Waals surface area contributed by atoms with E-state index >= 15 is 0 Å². The lowest BCUT2D eigenvalue weighted by Crippen LogP contribution is -2.59. The molecule has 2 aliphatic carbocycles. The highest BCUT2D eigenvalue weighted by Gasteiger charge is 2.60. The van der Waals surface area contributed by atoms with Crippen LogP contribution in [0.3, 0.4) is 0 Å². The number of fused-ring (bicyclic) bond motifs is 2. The zero-order valence-corrected chi connectivity index (χ0v) is 11.4. The minimum absolute atomic E-state index is 0.314.